The SMILES string of the molecule is COCC(=O)N1CCC2(CCC2NS(=O)(=O)c2ccccc2)CC1. The summed E-state index contributed by atoms with van der Waals surface area (Å²) in [6.07, 6.45) is 3.55. The second-order valence-corrected chi connectivity index (χ2v) is 8.42. The number of rotatable bonds is 5. The molecule has 1 aliphatic heterocycles. The predicted octanol–water partition coefficient (Wildman–Crippen LogP) is 1.38. The molecule has 6 nitrogen and oxygen atoms in total. The second kappa shape index (κ2) is 6.82. The number of hydrogen-bond acceptors (Lipinski definition) is 4. The average molecular weight is 352 g/mol. The number of piperidine rings is 1. The Morgan fingerprint density at radius 3 is 2.46 bits per heavy atom. The third-order valence-corrected chi connectivity index (χ3v) is 6.89. The van der Waals surface area contributed by atoms with E-state index in [-0.39, 0.29) is 24.0 Å². The number of carbonyl (C=O) groups is 1. The summed E-state index contributed by atoms with van der Waals surface area (Å²) in [4.78, 5) is 14.0. The van der Waals surface area contributed by atoms with Crippen molar-refractivity contribution in [3.05, 3.63) is 30.3 Å². The zero-order valence-electron chi connectivity index (χ0n) is 13.9. The van der Waals surface area contributed by atoms with Gasteiger partial charge in [-0.15, -0.1) is 0 Å². The maximum absolute atomic E-state index is 12.5. The van der Waals surface area contributed by atoms with Gasteiger partial charge in [-0.3, -0.25) is 4.79 Å². The van der Waals surface area contributed by atoms with E-state index in [0.717, 1.165) is 25.7 Å². The lowest BCUT2D eigenvalue weighted by Gasteiger charge is -2.53. The highest BCUT2D eigenvalue weighted by Crippen LogP contribution is 2.49. The van der Waals surface area contributed by atoms with E-state index in [9.17, 15) is 13.2 Å². The molecule has 2 aliphatic rings. The van der Waals surface area contributed by atoms with Gasteiger partial charge in [-0.05, 0) is 43.2 Å². The van der Waals surface area contributed by atoms with Crippen molar-refractivity contribution >= 4 is 15.9 Å². The number of nitrogens with one attached hydrogen (secondary N) is 1. The minimum absolute atomic E-state index is 0.00749. The first kappa shape index (κ1) is 17.4. The molecular weight excluding hydrogens is 328 g/mol. The molecular formula is C17H24N2O4S. The largest absolute Gasteiger partial charge is 0.375 e. The molecule has 2 fully saturated rings. The van der Waals surface area contributed by atoms with Gasteiger partial charge in [0, 0.05) is 26.2 Å². The number of methoxy groups -OCH3 is 1. The molecule has 0 bridgehead atoms. The van der Waals surface area contributed by atoms with E-state index in [1.165, 1.54) is 7.11 Å². The summed E-state index contributed by atoms with van der Waals surface area (Å²) < 4.78 is 32.8. The van der Waals surface area contributed by atoms with Crippen molar-refractivity contribution in [2.24, 2.45) is 5.41 Å². The van der Waals surface area contributed by atoms with Crippen LogP contribution in [-0.4, -0.2) is 52.1 Å². The Bertz CT molecular complexity index is 682. The van der Waals surface area contributed by atoms with E-state index in [2.05, 4.69) is 4.72 Å². The van der Waals surface area contributed by atoms with Crippen molar-refractivity contribution in [1.82, 2.24) is 9.62 Å². The third kappa shape index (κ3) is 3.34. The van der Waals surface area contributed by atoms with Crippen LogP contribution in [0.1, 0.15) is 25.7 Å². The van der Waals surface area contributed by atoms with Crippen LogP contribution in [0.2, 0.25) is 0 Å². The van der Waals surface area contributed by atoms with Gasteiger partial charge >= 0.3 is 0 Å². The fourth-order valence-electron chi connectivity index (χ4n) is 3.75. The summed E-state index contributed by atoms with van der Waals surface area (Å²) in [5.74, 6) is 0.00749. The van der Waals surface area contributed by atoms with Crippen molar-refractivity contribution in [3.8, 4) is 0 Å². The topological polar surface area (TPSA) is 75.7 Å². The fraction of sp³-hybridized carbons (Fsp3) is 0.588. The first-order valence-electron chi connectivity index (χ1n) is 8.31. The van der Waals surface area contributed by atoms with Gasteiger partial charge < -0.3 is 9.64 Å². The van der Waals surface area contributed by atoms with Crippen LogP contribution < -0.4 is 4.72 Å². The molecule has 1 saturated carbocycles. The maximum atomic E-state index is 12.5. The van der Waals surface area contributed by atoms with E-state index in [4.69, 9.17) is 4.74 Å². The van der Waals surface area contributed by atoms with Gasteiger partial charge in [-0.2, -0.15) is 0 Å². The highest BCUT2D eigenvalue weighted by atomic mass is 32.2. The molecule has 1 amide bonds. The van der Waals surface area contributed by atoms with Crippen molar-refractivity contribution in [3.63, 3.8) is 0 Å². The molecule has 24 heavy (non-hydrogen) atoms. The molecule has 7 heteroatoms. The van der Waals surface area contributed by atoms with Crippen LogP contribution in [0.5, 0.6) is 0 Å². The zero-order chi connectivity index (χ0) is 17.2. The number of ether oxygens (including phenoxy) is 1. The number of hydrogen-bond donors (Lipinski definition) is 1. The Labute approximate surface area is 143 Å². The van der Waals surface area contributed by atoms with Gasteiger partial charge in [0.25, 0.3) is 0 Å². The zero-order valence-corrected chi connectivity index (χ0v) is 14.7. The van der Waals surface area contributed by atoms with Crippen LogP contribution in [0, 0.1) is 5.41 Å². The molecule has 1 heterocycles. The van der Waals surface area contributed by atoms with Gasteiger partial charge in [0.1, 0.15) is 6.61 Å². The highest BCUT2D eigenvalue weighted by Gasteiger charge is 2.50. The van der Waals surface area contributed by atoms with Crippen LogP contribution in [0.25, 0.3) is 0 Å². The number of nitrogens with zero attached hydrogens (tertiary/aromatic N) is 1. The number of amides is 1. The third-order valence-electron chi connectivity index (χ3n) is 5.40. The van der Waals surface area contributed by atoms with Crippen LogP contribution in [0.15, 0.2) is 35.2 Å². The quantitative estimate of drug-likeness (QED) is 0.869. The molecule has 1 unspecified atom stereocenters. The summed E-state index contributed by atoms with van der Waals surface area (Å²) in [5.41, 5.74) is -0.00823. The van der Waals surface area contributed by atoms with Crippen LogP contribution in [0.4, 0.5) is 0 Å². The first-order chi connectivity index (χ1) is 11.5. The standard InChI is InChI=1S/C17H24N2O4S/c1-23-13-16(20)19-11-9-17(10-12-19)8-7-15(17)18-24(21,22)14-5-3-2-4-6-14/h2-6,15,18H,7-13H2,1H3. The Hall–Kier alpha value is -1.44. The summed E-state index contributed by atoms with van der Waals surface area (Å²) in [6.45, 7) is 1.45. The molecule has 1 aliphatic carbocycles. The van der Waals surface area contributed by atoms with E-state index < -0.39 is 10.0 Å². The predicted molar refractivity (Wildman–Crippen MR) is 89.9 cm³/mol. The molecule has 1 atom stereocenters. The highest BCUT2D eigenvalue weighted by molar-refractivity contribution is 7.89. The molecule has 0 aromatic heterocycles. The minimum atomic E-state index is -3.48. The van der Waals surface area contributed by atoms with Gasteiger partial charge in [0.15, 0.2) is 0 Å². The van der Waals surface area contributed by atoms with Crippen molar-refractivity contribution in [2.75, 3.05) is 26.8 Å². The van der Waals surface area contributed by atoms with E-state index in [1.807, 2.05) is 4.90 Å². The Balaban J connectivity index is 1.63. The number of benzene rings is 1. The van der Waals surface area contributed by atoms with Crippen LogP contribution >= 0.6 is 0 Å². The van der Waals surface area contributed by atoms with Gasteiger partial charge in [-0.1, -0.05) is 18.2 Å². The fourth-order valence-corrected chi connectivity index (χ4v) is 5.14. The lowest BCUT2D eigenvalue weighted by Crippen LogP contribution is -2.59. The smallest absolute Gasteiger partial charge is 0.248 e. The monoisotopic (exact) mass is 352 g/mol. The normalized spacial score (nSPS) is 23.0. The molecule has 1 aromatic carbocycles. The first-order valence-corrected chi connectivity index (χ1v) is 9.79. The molecule has 0 radical (unpaired) electrons. The number of carbonyl (C=O) groups excluding carboxylic acids is 1. The molecule has 132 valence electrons. The average Bonchev–Trinajstić information content (AvgIpc) is 2.60. The summed E-state index contributed by atoms with van der Waals surface area (Å²) >= 11 is 0. The molecule has 1 N–H and O–H groups in total. The van der Waals surface area contributed by atoms with Gasteiger partial charge in [0.2, 0.25) is 15.9 Å². The second-order valence-electron chi connectivity index (χ2n) is 6.70. The van der Waals surface area contributed by atoms with Crippen LogP contribution in [0.3, 0.4) is 0 Å². The molecule has 1 saturated heterocycles. The summed E-state index contributed by atoms with van der Waals surface area (Å²) in [7, 11) is -1.97. The van der Waals surface area contributed by atoms with Gasteiger partial charge in [0.05, 0.1) is 4.90 Å². The van der Waals surface area contributed by atoms with E-state index >= 15 is 0 Å². The maximum Gasteiger partial charge on any atom is 0.248 e. The number of likely N-dealkylation sites (tertiary alicyclic amines) is 1. The summed E-state index contributed by atoms with van der Waals surface area (Å²) in [5, 5.41) is 0. The van der Waals surface area contributed by atoms with Crippen molar-refractivity contribution in [1.29, 1.82) is 0 Å². The lowest BCUT2D eigenvalue weighted by atomic mass is 9.59. The van der Waals surface area contributed by atoms with Crippen molar-refractivity contribution in [2.45, 2.75) is 36.6 Å². The molecule has 1 spiro atoms. The molecule has 1 aromatic rings. The number of sulfonamides is 1. The minimum Gasteiger partial charge on any atom is -0.375 e. The Kier molecular flexibility index (Phi) is 4.94. The summed E-state index contributed by atoms with van der Waals surface area (Å²) in [6, 6.07) is 8.44. The Morgan fingerprint density at radius 1 is 1.25 bits per heavy atom. The molecule has 3 rings (SSSR count). The van der Waals surface area contributed by atoms with E-state index in [1.54, 1.807) is 30.3 Å². The lowest BCUT2D eigenvalue weighted by molar-refractivity contribution is -0.139. The van der Waals surface area contributed by atoms with Crippen molar-refractivity contribution < 1.29 is 17.9 Å². The van der Waals surface area contributed by atoms with E-state index in [0.29, 0.717) is 18.0 Å². The Morgan fingerprint density at radius 2 is 1.92 bits per heavy atom. The van der Waals surface area contributed by atoms with Crippen LogP contribution in [-0.2, 0) is 19.6 Å². The van der Waals surface area contributed by atoms with Gasteiger partial charge in [-0.25, -0.2) is 13.1 Å².